The molecular formula is C13H13F6NOS. The first-order chi connectivity index (χ1) is 10.00. The Hall–Kier alpha value is -1.25. The maximum Gasteiger partial charge on any atom is 0.416 e. The van der Waals surface area contributed by atoms with Crippen LogP contribution >= 0.6 is 0 Å². The van der Waals surface area contributed by atoms with Gasteiger partial charge >= 0.3 is 12.4 Å². The van der Waals surface area contributed by atoms with Gasteiger partial charge in [-0.1, -0.05) is 6.42 Å². The molecule has 1 aliphatic rings. The second kappa shape index (κ2) is 5.75. The minimum atomic E-state index is -4.93. The molecule has 0 spiro atoms. The second-order valence-electron chi connectivity index (χ2n) is 5.10. The van der Waals surface area contributed by atoms with E-state index in [4.69, 9.17) is 0 Å². The molecule has 0 radical (unpaired) electrons. The average Bonchev–Trinajstić information content (AvgIpc) is 2.36. The van der Waals surface area contributed by atoms with E-state index < -0.39 is 38.9 Å². The van der Waals surface area contributed by atoms with Gasteiger partial charge in [0.05, 0.1) is 26.5 Å². The van der Waals surface area contributed by atoms with Crippen LogP contribution in [0.1, 0.15) is 30.4 Å². The number of rotatable bonds is 1. The van der Waals surface area contributed by atoms with Crippen molar-refractivity contribution in [2.24, 2.45) is 4.36 Å². The van der Waals surface area contributed by atoms with Crippen LogP contribution in [0, 0.1) is 0 Å². The summed E-state index contributed by atoms with van der Waals surface area (Å²) in [6.07, 6.45) is -7.81. The SMILES string of the molecule is O=S1(=Nc2cc(C(F)(F)F)cc(C(F)(F)F)c2)CCCCC1. The van der Waals surface area contributed by atoms with Crippen molar-refractivity contribution >= 4 is 15.4 Å². The largest absolute Gasteiger partial charge is 0.416 e. The second-order valence-corrected chi connectivity index (χ2v) is 7.64. The van der Waals surface area contributed by atoms with E-state index in [1.807, 2.05) is 0 Å². The number of nitrogens with zero attached hydrogens (tertiary/aromatic N) is 1. The van der Waals surface area contributed by atoms with Crippen molar-refractivity contribution in [3.63, 3.8) is 0 Å². The van der Waals surface area contributed by atoms with Crippen LogP contribution in [0.4, 0.5) is 32.0 Å². The molecule has 0 N–H and O–H groups in total. The van der Waals surface area contributed by atoms with Crippen molar-refractivity contribution in [3.05, 3.63) is 29.3 Å². The first-order valence-corrected chi connectivity index (χ1v) is 8.37. The van der Waals surface area contributed by atoms with E-state index in [-0.39, 0.29) is 17.6 Å². The fourth-order valence-corrected chi connectivity index (χ4v) is 4.40. The molecule has 0 aromatic heterocycles. The normalized spacial score (nSPS) is 19.0. The van der Waals surface area contributed by atoms with Crippen molar-refractivity contribution in [3.8, 4) is 0 Å². The highest BCUT2D eigenvalue weighted by atomic mass is 32.2. The lowest BCUT2D eigenvalue weighted by Gasteiger charge is -2.17. The molecule has 1 aromatic carbocycles. The zero-order chi connectivity index (χ0) is 16.6. The summed E-state index contributed by atoms with van der Waals surface area (Å²) < 4.78 is 92.5. The average molecular weight is 345 g/mol. The Bertz CT molecular complexity index is 626. The molecule has 1 heterocycles. The fourth-order valence-electron chi connectivity index (χ4n) is 2.21. The number of hydrogen-bond donors (Lipinski definition) is 0. The summed E-state index contributed by atoms with van der Waals surface area (Å²) in [4.78, 5) is 0. The van der Waals surface area contributed by atoms with Gasteiger partial charge in [0.25, 0.3) is 0 Å². The standard InChI is InChI=1S/C13H13F6NOS/c14-12(15,16)9-6-10(13(17,18)19)8-11(7-9)20-22(21)4-2-1-3-5-22/h6-8H,1-5H2. The van der Waals surface area contributed by atoms with Crippen LogP contribution in [-0.2, 0) is 22.1 Å². The minimum Gasteiger partial charge on any atom is -0.249 e. The van der Waals surface area contributed by atoms with Gasteiger partial charge in [0.1, 0.15) is 0 Å². The number of hydrogen-bond acceptors (Lipinski definition) is 2. The first kappa shape index (κ1) is 17.1. The Morgan fingerprint density at radius 1 is 0.818 bits per heavy atom. The molecule has 0 atom stereocenters. The molecule has 2 rings (SSSR count). The maximum atomic E-state index is 12.7. The van der Waals surface area contributed by atoms with Gasteiger partial charge in [0.15, 0.2) is 0 Å². The molecule has 1 fully saturated rings. The molecule has 124 valence electrons. The van der Waals surface area contributed by atoms with Crippen LogP contribution in [0.5, 0.6) is 0 Å². The Morgan fingerprint density at radius 3 is 1.68 bits per heavy atom. The quantitative estimate of drug-likeness (QED) is 0.658. The summed E-state index contributed by atoms with van der Waals surface area (Å²) >= 11 is 0. The highest BCUT2D eigenvalue weighted by Gasteiger charge is 2.37. The predicted molar refractivity (Wildman–Crippen MR) is 70.3 cm³/mol. The van der Waals surface area contributed by atoms with E-state index in [9.17, 15) is 30.6 Å². The van der Waals surface area contributed by atoms with Gasteiger partial charge in [-0.15, -0.1) is 0 Å². The van der Waals surface area contributed by atoms with Crippen LogP contribution in [0.2, 0.25) is 0 Å². The molecule has 9 heteroatoms. The summed E-state index contributed by atoms with van der Waals surface area (Å²) in [6, 6.07) is 1.06. The van der Waals surface area contributed by atoms with Gasteiger partial charge < -0.3 is 0 Å². The van der Waals surface area contributed by atoms with Crippen LogP contribution in [-0.4, -0.2) is 15.7 Å². The molecule has 2 nitrogen and oxygen atoms in total. The topological polar surface area (TPSA) is 29.4 Å². The van der Waals surface area contributed by atoms with Crippen LogP contribution < -0.4 is 0 Å². The van der Waals surface area contributed by atoms with E-state index >= 15 is 0 Å². The van der Waals surface area contributed by atoms with Crippen LogP contribution in [0.3, 0.4) is 0 Å². The molecule has 1 aromatic rings. The fraction of sp³-hybridized carbons (Fsp3) is 0.538. The monoisotopic (exact) mass is 345 g/mol. The molecule has 0 amide bonds. The van der Waals surface area contributed by atoms with Crippen LogP contribution in [0.15, 0.2) is 22.6 Å². The van der Waals surface area contributed by atoms with Gasteiger partial charge in [0.2, 0.25) is 0 Å². The van der Waals surface area contributed by atoms with Crippen molar-refractivity contribution in [2.45, 2.75) is 31.6 Å². The van der Waals surface area contributed by atoms with E-state index in [1.54, 1.807) is 0 Å². The lowest BCUT2D eigenvalue weighted by molar-refractivity contribution is -0.143. The van der Waals surface area contributed by atoms with Gasteiger partial charge in [-0.25, -0.2) is 4.21 Å². The highest BCUT2D eigenvalue weighted by molar-refractivity contribution is 7.93. The zero-order valence-electron chi connectivity index (χ0n) is 11.3. The third-order valence-electron chi connectivity index (χ3n) is 3.27. The van der Waals surface area contributed by atoms with E-state index in [0.717, 1.165) is 6.42 Å². The zero-order valence-corrected chi connectivity index (χ0v) is 12.1. The van der Waals surface area contributed by atoms with E-state index in [0.29, 0.717) is 25.0 Å². The number of benzene rings is 1. The summed E-state index contributed by atoms with van der Waals surface area (Å²) in [5.74, 6) is 0.398. The molecule has 1 saturated heterocycles. The lowest BCUT2D eigenvalue weighted by atomic mass is 10.1. The molecule has 22 heavy (non-hydrogen) atoms. The van der Waals surface area contributed by atoms with Crippen molar-refractivity contribution < 1.29 is 30.6 Å². The molecular weight excluding hydrogens is 332 g/mol. The lowest BCUT2D eigenvalue weighted by Crippen LogP contribution is -2.16. The smallest absolute Gasteiger partial charge is 0.249 e. The Labute approximate surface area is 123 Å². The van der Waals surface area contributed by atoms with Gasteiger partial charge in [0, 0.05) is 11.5 Å². The Morgan fingerprint density at radius 2 is 1.27 bits per heavy atom. The molecule has 0 bridgehead atoms. The van der Waals surface area contributed by atoms with E-state index in [1.165, 1.54) is 0 Å². The van der Waals surface area contributed by atoms with Crippen LogP contribution in [0.25, 0.3) is 0 Å². The summed E-state index contributed by atoms with van der Waals surface area (Å²) in [7, 11) is -2.78. The summed E-state index contributed by atoms with van der Waals surface area (Å²) in [5.41, 5.74) is -3.42. The third-order valence-corrected chi connectivity index (χ3v) is 5.67. The maximum absolute atomic E-state index is 12.7. The van der Waals surface area contributed by atoms with Gasteiger partial charge in [-0.05, 0) is 31.0 Å². The molecule has 0 saturated carbocycles. The third kappa shape index (κ3) is 4.15. The van der Waals surface area contributed by atoms with Crippen molar-refractivity contribution in [1.82, 2.24) is 0 Å². The Balaban J connectivity index is 2.56. The minimum absolute atomic E-state index is 0.0344. The van der Waals surface area contributed by atoms with Crippen molar-refractivity contribution in [2.75, 3.05) is 11.5 Å². The number of alkyl halides is 6. The van der Waals surface area contributed by atoms with E-state index in [2.05, 4.69) is 4.36 Å². The number of halogens is 6. The van der Waals surface area contributed by atoms with Crippen molar-refractivity contribution in [1.29, 1.82) is 0 Å². The molecule has 0 unspecified atom stereocenters. The first-order valence-electron chi connectivity index (χ1n) is 6.52. The van der Waals surface area contributed by atoms with Gasteiger partial charge in [-0.3, -0.25) is 0 Å². The molecule has 0 aliphatic carbocycles. The predicted octanol–water partition coefficient (Wildman–Crippen LogP) is 5.01. The summed E-state index contributed by atoms with van der Waals surface area (Å²) in [6.45, 7) is 0. The molecule has 1 aliphatic heterocycles. The Kier molecular flexibility index (Phi) is 4.47. The van der Waals surface area contributed by atoms with Gasteiger partial charge in [-0.2, -0.15) is 30.7 Å². The summed E-state index contributed by atoms with van der Waals surface area (Å²) in [5, 5.41) is 0. The highest BCUT2D eigenvalue weighted by Crippen LogP contribution is 2.38.